The van der Waals surface area contributed by atoms with Crippen LogP contribution in [0.1, 0.15) is 31.2 Å². The van der Waals surface area contributed by atoms with E-state index < -0.39 is 17.8 Å². The van der Waals surface area contributed by atoms with Gasteiger partial charge in [0, 0.05) is 10.2 Å². The van der Waals surface area contributed by atoms with Gasteiger partial charge >= 0.3 is 5.97 Å². The number of hydrogen-bond acceptors (Lipinski definition) is 2. The van der Waals surface area contributed by atoms with Crippen LogP contribution in [-0.4, -0.2) is 17.0 Å². The van der Waals surface area contributed by atoms with E-state index in [2.05, 4.69) is 21.2 Å². The van der Waals surface area contributed by atoms with Crippen LogP contribution in [0.4, 0.5) is 5.69 Å². The number of carboxylic acid groups (broad SMARTS) is 1. The molecule has 0 radical (unpaired) electrons. The molecule has 1 aliphatic carbocycles. The molecule has 1 amide bonds. The molecular weight excluding hydrogens is 322 g/mol. The van der Waals surface area contributed by atoms with E-state index in [0.717, 1.165) is 22.9 Å². The van der Waals surface area contributed by atoms with Crippen LogP contribution >= 0.6 is 15.9 Å². The second kappa shape index (κ2) is 6.39. The lowest BCUT2D eigenvalue weighted by molar-refractivity contribution is -0.147. The maximum absolute atomic E-state index is 12.3. The van der Waals surface area contributed by atoms with Gasteiger partial charge in [-0.1, -0.05) is 28.8 Å². The summed E-state index contributed by atoms with van der Waals surface area (Å²) >= 11 is 3.41. The average Bonchev–Trinajstić information content (AvgIpc) is 2.43. The molecule has 108 valence electrons. The second-order valence-electron chi connectivity index (χ2n) is 5.29. The fourth-order valence-electron chi connectivity index (χ4n) is 2.70. The zero-order chi connectivity index (χ0) is 14.7. The van der Waals surface area contributed by atoms with E-state index in [1.54, 1.807) is 0 Å². The second-order valence-corrected chi connectivity index (χ2v) is 6.14. The van der Waals surface area contributed by atoms with Crippen molar-refractivity contribution in [1.29, 1.82) is 0 Å². The molecule has 0 bridgehead atoms. The minimum atomic E-state index is -0.864. The number of benzene rings is 1. The van der Waals surface area contributed by atoms with Gasteiger partial charge < -0.3 is 10.4 Å². The fraction of sp³-hybridized carbons (Fsp3) is 0.467. The summed E-state index contributed by atoms with van der Waals surface area (Å²) in [6.45, 7) is 1.94. The summed E-state index contributed by atoms with van der Waals surface area (Å²) in [5.41, 5.74) is 1.74. The Kier molecular flexibility index (Phi) is 4.81. The maximum Gasteiger partial charge on any atom is 0.307 e. The molecule has 0 heterocycles. The first kappa shape index (κ1) is 15.0. The summed E-state index contributed by atoms with van der Waals surface area (Å²) in [7, 11) is 0. The molecule has 0 spiro atoms. The predicted molar refractivity (Wildman–Crippen MR) is 80.6 cm³/mol. The molecule has 0 saturated heterocycles. The van der Waals surface area contributed by atoms with Gasteiger partial charge in [-0.25, -0.2) is 0 Å². The summed E-state index contributed by atoms with van der Waals surface area (Å²) in [6.07, 6.45) is 3.05. The van der Waals surface area contributed by atoms with Crippen LogP contribution in [0.5, 0.6) is 0 Å². The van der Waals surface area contributed by atoms with Crippen molar-refractivity contribution in [2.24, 2.45) is 11.8 Å². The standard InChI is InChI=1S/C15H18BrNO3/c1-9-8-10(6-7-13(9)16)17-14(18)11-4-2-3-5-12(11)15(19)20/h6-8,11-12H,2-5H2,1H3,(H,17,18)(H,19,20)/t11-,12-/m0/s1. The Balaban J connectivity index is 2.09. The van der Waals surface area contributed by atoms with Crippen LogP contribution in [0.25, 0.3) is 0 Å². The molecule has 1 aromatic carbocycles. The zero-order valence-corrected chi connectivity index (χ0v) is 12.9. The van der Waals surface area contributed by atoms with Gasteiger partial charge in [0.15, 0.2) is 0 Å². The highest BCUT2D eigenvalue weighted by Gasteiger charge is 2.35. The molecule has 2 rings (SSSR count). The summed E-state index contributed by atoms with van der Waals surface area (Å²) in [5.74, 6) is -2.03. The molecule has 0 aliphatic heterocycles. The normalized spacial score (nSPS) is 22.3. The van der Waals surface area contributed by atoms with E-state index >= 15 is 0 Å². The first-order valence-electron chi connectivity index (χ1n) is 6.79. The topological polar surface area (TPSA) is 66.4 Å². The van der Waals surface area contributed by atoms with Crippen molar-refractivity contribution in [2.45, 2.75) is 32.6 Å². The molecule has 1 aromatic rings. The van der Waals surface area contributed by atoms with Gasteiger partial charge in [0.2, 0.25) is 5.91 Å². The number of carboxylic acids is 1. The van der Waals surface area contributed by atoms with Crippen molar-refractivity contribution in [2.75, 3.05) is 5.32 Å². The van der Waals surface area contributed by atoms with E-state index in [-0.39, 0.29) is 5.91 Å². The Morgan fingerprint density at radius 1 is 1.25 bits per heavy atom. The smallest absolute Gasteiger partial charge is 0.307 e. The molecule has 1 saturated carbocycles. The Morgan fingerprint density at radius 3 is 2.50 bits per heavy atom. The number of halogens is 1. The molecule has 1 aliphatic rings. The van der Waals surface area contributed by atoms with E-state index in [9.17, 15) is 14.7 Å². The number of anilines is 1. The van der Waals surface area contributed by atoms with Crippen LogP contribution in [0, 0.1) is 18.8 Å². The third-order valence-corrected chi connectivity index (χ3v) is 4.74. The van der Waals surface area contributed by atoms with Gasteiger partial charge in [0.25, 0.3) is 0 Å². The molecular formula is C15H18BrNO3. The van der Waals surface area contributed by atoms with Crippen LogP contribution in [0.2, 0.25) is 0 Å². The van der Waals surface area contributed by atoms with Gasteiger partial charge in [-0.2, -0.15) is 0 Å². The number of carbonyl (C=O) groups is 2. The number of aliphatic carboxylic acids is 1. The van der Waals surface area contributed by atoms with E-state index in [1.165, 1.54) is 0 Å². The Labute approximate surface area is 126 Å². The molecule has 5 heteroatoms. The lowest BCUT2D eigenvalue weighted by Crippen LogP contribution is -2.36. The Hall–Kier alpha value is -1.36. The highest BCUT2D eigenvalue weighted by atomic mass is 79.9. The fourth-order valence-corrected chi connectivity index (χ4v) is 2.94. The third-order valence-electron chi connectivity index (χ3n) is 3.85. The largest absolute Gasteiger partial charge is 0.481 e. The van der Waals surface area contributed by atoms with Crippen molar-refractivity contribution >= 4 is 33.5 Å². The number of nitrogens with one attached hydrogen (secondary N) is 1. The highest BCUT2D eigenvalue weighted by Crippen LogP contribution is 2.31. The summed E-state index contributed by atoms with van der Waals surface area (Å²) < 4.78 is 0.983. The number of hydrogen-bond donors (Lipinski definition) is 2. The summed E-state index contributed by atoms with van der Waals surface area (Å²) in [5, 5.41) is 12.1. The molecule has 2 N–H and O–H groups in total. The van der Waals surface area contributed by atoms with E-state index in [0.29, 0.717) is 18.5 Å². The summed E-state index contributed by atoms with van der Waals surface area (Å²) in [6, 6.07) is 5.56. The van der Waals surface area contributed by atoms with Crippen molar-refractivity contribution in [3.8, 4) is 0 Å². The number of rotatable bonds is 3. The average molecular weight is 340 g/mol. The quantitative estimate of drug-likeness (QED) is 0.884. The molecule has 0 aromatic heterocycles. The molecule has 2 atom stereocenters. The Morgan fingerprint density at radius 2 is 1.90 bits per heavy atom. The number of amides is 1. The SMILES string of the molecule is Cc1cc(NC(=O)[C@H]2CCCC[C@@H]2C(=O)O)ccc1Br. The minimum Gasteiger partial charge on any atom is -0.481 e. The van der Waals surface area contributed by atoms with Crippen LogP contribution < -0.4 is 5.32 Å². The van der Waals surface area contributed by atoms with Gasteiger partial charge in [-0.3, -0.25) is 9.59 Å². The number of carbonyl (C=O) groups excluding carboxylic acids is 1. The highest BCUT2D eigenvalue weighted by molar-refractivity contribution is 9.10. The van der Waals surface area contributed by atoms with Crippen LogP contribution in [0.3, 0.4) is 0 Å². The zero-order valence-electron chi connectivity index (χ0n) is 11.4. The minimum absolute atomic E-state index is 0.182. The predicted octanol–water partition coefficient (Wildman–Crippen LogP) is 3.59. The van der Waals surface area contributed by atoms with Gasteiger partial charge in [-0.15, -0.1) is 0 Å². The van der Waals surface area contributed by atoms with E-state index in [1.807, 2.05) is 25.1 Å². The van der Waals surface area contributed by atoms with E-state index in [4.69, 9.17) is 0 Å². The van der Waals surface area contributed by atoms with Crippen LogP contribution in [-0.2, 0) is 9.59 Å². The first-order valence-corrected chi connectivity index (χ1v) is 7.58. The van der Waals surface area contributed by atoms with Crippen molar-refractivity contribution in [1.82, 2.24) is 0 Å². The number of aryl methyl sites for hydroxylation is 1. The van der Waals surface area contributed by atoms with Crippen molar-refractivity contribution < 1.29 is 14.7 Å². The monoisotopic (exact) mass is 339 g/mol. The van der Waals surface area contributed by atoms with Crippen LogP contribution in [0.15, 0.2) is 22.7 Å². The van der Waals surface area contributed by atoms with Crippen molar-refractivity contribution in [3.63, 3.8) is 0 Å². The maximum atomic E-state index is 12.3. The lowest BCUT2D eigenvalue weighted by atomic mass is 9.78. The molecule has 20 heavy (non-hydrogen) atoms. The lowest BCUT2D eigenvalue weighted by Gasteiger charge is -2.27. The Bertz CT molecular complexity index is 530. The third kappa shape index (κ3) is 3.39. The van der Waals surface area contributed by atoms with Gasteiger partial charge in [0.05, 0.1) is 11.8 Å². The summed E-state index contributed by atoms with van der Waals surface area (Å²) in [4.78, 5) is 23.5. The van der Waals surface area contributed by atoms with Crippen molar-refractivity contribution in [3.05, 3.63) is 28.2 Å². The van der Waals surface area contributed by atoms with Gasteiger partial charge in [0.1, 0.15) is 0 Å². The molecule has 0 unspecified atom stereocenters. The molecule has 4 nitrogen and oxygen atoms in total. The molecule has 1 fully saturated rings. The van der Waals surface area contributed by atoms with Gasteiger partial charge in [-0.05, 0) is 43.5 Å². The first-order chi connectivity index (χ1) is 9.49.